The summed E-state index contributed by atoms with van der Waals surface area (Å²) in [4.78, 5) is 18.2. The lowest BCUT2D eigenvalue weighted by atomic mass is 9.59. The van der Waals surface area contributed by atoms with Crippen LogP contribution in [0.1, 0.15) is 34.1 Å². The highest BCUT2D eigenvalue weighted by Crippen LogP contribution is 2.71. The van der Waals surface area contributed by atoms with E-state index in [1.807, 2.05) is 6.92 Å². The molecule has 5 rings (SSSR count). The first-order chi connectivity index (χ1) is 15.0. The highest BCUT2D eigenvalue weighted by atomic mass is 19.1. The van der Waals surface area contributed by atoms with Gasteiger partial charge in [0, 0.05) is 12.1 Å². The Morgan fingerprint density at radius 3 is 2.72 bits per heavy atom. The molecule has 1 heterocycles. The first kappa shape index (κ1) is 21.7. The molecule has 3 N–H and O–H groups in total. The molecule has 0 amide bonds. The molecule has 1 unspecified atom stereocenters. The standard InChI is InChI=1S/C25H30FNO5/c1-12-10-24-13(2)8-16-18(23(16,3)4)15(20(24)30)9-14(11-28)19(29)25(24,31)21(12)32-22-17(26)6-5-7-27-22/h5-7,9-10,13,15-16,18-19,21,28-29,31H,8,11H2,1-4H3/t13-,15+,16-,18+,19-,21+,24?,25+/m1/s1. The van der Waals surface area contributed by atoms with Gasteiger partial charge < -0.3 is 20.1 Å². The maximum absolute atomic E-state index is 14.4. The largest absolute Gasteiger partial charge is 0.464 e. The number of aliphatic hydroxyl groups is 3. The molecule has 0 aromatic carbocycles. The third kappa shape index (κ3) is 2.45. The van der Waals surface area contributed by atoms with E-state index < -0.39 is 41.6 Å². The summed E-state index contributed by atoms with van der Waals surface area (Å²) >= 11 is 0. The molecule has 2 bridgehead atoms. The van der Waals surface area contributed by atoms with Crippen LogP contribution in [-0.4, -0.2) is 50.5 Å². The van der Waals surface area contributed by atoms with Crippen molar-refractivity contribution in [1.29, 1.82) is 0 Å². The third-order valence-electron chi connectivity index (χ3n) is 8.85. The summed E-state index contributed by atoms with van der Waals surface area (Å²) in [5.74, 6) is -1.63. The Balaban J connectivity index is 1.70. The normalized spacial score (nSPS) is 43.9. The van der Waals surface area contributed by atoms with Crippen molar-refractivity contribution in [3.8, 4) is 5.88 Å². The first-order valence-corrected chi connectivity index (χ1v) is 11.2. The van der Waals surface area contributed by atoms with Gasteiger partial charge in [0.05, 0.1) is 12.0 Å². The number of carbonyl (C=O) groups is 1. The molecule has 4 aliphatic carbocycles. The molecular formula is C25H30FNO5. The zero-order chi connectivity index (χ0) is 23.2. The fourth-order valence-corrected chi connectivity index (χ4v) is 7.16. The van der Waals surface area contributed by atoms with Gasteiger partial charge in [-0.3, -0.25) is 4.79 Å². The molecule has 172 valence electrons. The van der Waals surface area contributed by atoms with Crippen LogP contribution in [0.2, 0.25) is 0 Å². The fourth-order valence-electron chi connectivity index (χ4n) is 7.16. The molecule has 0 aliphatic heterocycles. The predicted octanol–water partition coefficient (Wildman–Crippen LogP) is 2.44. The number of ketones is 1. The minimum absolute atomic E-state index is 0.0367. The van der Waals surface area contributed by atoms with Crippen LogP contribution in [-0.2, 0) is 4.79 Å². The second-order valence-corrected chi connectivity index (χ2v) is 10.7. The SMILES string of the molecule is CC1=CC23C(=O)[C@@H](C=C(CO)[C@@H](O)[C@]2(O)[C@H]1Oc1ncccc1F)[C@H]1[C@@H](C[C@H]3C)C1(C)C. The molecule has 4 aliphatic rings. The van der Waals surface area contributed by atoms with Gasteiger partial charge in [0.15, 0.2) is 23.3 Å². The van der Waals surface area contributed by atoms with Crippen molar-refractivity contribution in [3.63, 3.8) is 0 Å². The summed E-state index contributed by atoms with van der Waals surface area (Å²) in [6, 6.07) is 2.63. The molecule has 1 aromatic rings. The Morgan fingerprint density at radius 2 is 2.06 bits per heavy atom. The minimum Gasteiger partial charge on any atom is -0.464 e. The van der Waals surface area contributed by atoms with E-state index >= 15 is 0 Å². The van der Waals surface area contributed by atoms with Crippen molar-refractivity contribution in [1.82, 2.24) is 4.98 Å². The summed E-state index contributed by atoms with van der Waals surface area (Å²) in [5, 5.41) is 33.8. The second kappa shape index (κ2) is 6.72. The molecule has 2 saturated carbocycles. The van der Waals surface area contributed by atoms with Crippen LogP contribution in [0, 0.1) is 40.3 Å². The van der Waals surface area contributed by atoms with Crippen molar-refractivity contribution in [2.75, 3.05) is 6.61 Å². The Morgan fingerprint density at radius 1 is 1.34 bits per heavy atom. The zero-order valence-electron chi connectivity index (χ0n) is 18.7. The number of rotatable bonds is 3. The number of pyridine rings is 1. The topological polar surface area (TPSA) is 99.9 Å². The van der Waals surface area contributed by atoms with E-state index in [1.54, 1.807) is 19.1 Å². The van der Waals surface area contributed by atoms with E-state index in [4.69, 9.17) is 4.74 Å². The maximum Gasteiger partial charge on any atom is 0.251 e. The number of carbonyl (C=O) groups excluding carboxylic acids is 1. The van der Waals surface area contributed by atoms with Crippen LogP contribution in [0.5, 0.6) is 5.88 Å². The summed E-state index contributed by atoms with van der Waals surface area (Å²) in [6.45, 7) is 7.43. The summed E-state index contributed by atoms with van der Waals surface area (Å²) in [6.07, 6.45) is 2.72. The van der Waals surface area contributed by atoms with Gasteiger partial charge in [-0.1, -0.05) is 32.9 Å². The third-order valence-corrected chi connectivity index (χ3v) is 8.85. The molecular weight excluding hydrogens is 413 g/mol. The average Bonchev–Trinajstić information content (AvgIpc) is 3.23. The van der Waals surface area contributed by atoms with E-state index in [1.165, 1.54) is 18.3 Å². The van der Waals surface area contributed by atoms with Gasteiger partial charge in [-0.05, 0) is 59.8 Å². The number of aliphatic hydroxyl groups excluding tert-OH is 2. The van der Waals surface area contributed by atoms with Gasteiger partial charge in [0.2, 0.25) is 0 Å². The summed E-state index contributed by atoms with van der Waals surface area (Å²) in [5.41, 5.74) is -2.84. The number of ether oxygens (including phenoxy) is 1. The average molecular weight is 444 g/mol. The number of nitrogens with zero attached hydrogens (tertiary/aromatic N) is 1. The number of hydrogen-bond acceptors (Lipinski definition) is 6. The quantitative estimate of drug-likeness (QED) is 0.621. The minimum atomic E-state index is -2.11. The second-order valence-electron chi connectivity index (χ2n) is 10.7. The van der Waals surface area contributed by atoms with Crippen molar-refractivity contribution in [3.05, 3.63) is 47.4 Å². The van der Waals surface area contributed by atoms with E-state index in [0.717, 1.165) is 0 Å². The lowest BCUT2D eigenvalue weighted by molar-refractivity contribution is -0.186. The van der Waals surface area contributed by atoms with Gasteiger partial charge in [-0.2, -0.15) is 0 Å². The van der Waals surface area contributed by atoms with Gasteiger partial charge >= 0.3 is 0 Å². The predicted molar refractivity (Wildman–Crippen MR) is 114 cm³/mol. The monoisotopic (exact) mass is 443 g/mol. The van der Waals surface area contributed by atoms with Gasteiger partial charge in [-0.15, -0.1) is 0 Å². The molecule has 0 radical (unpaired) electrons. The van der Waals surface area contributed by atoms with Crippen LogP contribution >= 0.6 is 0 Å². The van der Waals surface area contributed by atoms with Crippen LogP contribution in [0.4, 0.5) is 4.39 Å². The van der Waals surface area contributed by atoms with E-state index in [9.17, 15) is 24.5 Å². The van der Waals surface area contributed by atoms with Crippen LogP contribution in [0.3, 0.4) is 0 Å². The maximum atomic E-state index is 14.4. The molecule has 1 aromatic heterocycles. The lowest BCUT2D eigenvalue weighted by Crippen LogP contribution is -2.66. The van der Waals surface area contributed by atoms with E-state index in [0.29, 0.717) is 17.9 Å². The van der Waals surface area contributed by atoms with Gasteiger partial charge in [0.1, 0.15) is 6.10 Å². The lowest BCUT2D eigenvalue weighted by Gasteiger charge is -2.48. The molecule has 32 heavy (non-hydrogen) atoms. The van der Waals surface area contributed by atoms with Crippen molar-refractivity contribution in [2.45, 2.75) is 51.9 Å². The number of hydrogen-bond donors (Lipinski definition) is 3. The Labute approximate surface area is 186 Å². The van der Waals surface area contributed by atoms with Gasteiger partial charge in [-0.25, -0.2) is 9.37 Å². The highest BCUT2D eigenvalue weighted by Gasteiger charge is 2.76. The smallest absolute Gasteiger partial charge is 0.251 e. The summed E-state index contributed by atoms with van der Waals surface area (Å²) < 4.78 is 20.3. The van der Waals surface area contributed by atoms with Crippen LogP contribution in [0.25, 0.3) is 0 Å². The Hall–Kier alpha value is -2.09. The number of halogens is 1. The molecule has 7 heteroatoms. The number of allylic oxidation sites excluding steroid dienone is 1. The number of Topliss-reactive ketones (excluding diaryl/α,β-unsaturated/α-hetero) is 1. The fraction of sp³-hybridized carbons (Fsp3) is 0.600. The van der Waals surface area contributed by atoms with Crippen molar-refractivity contribution in [2.24, 2.45) is 34.5 Å². The number of aromatic nitrogens is 1. The van der Waals surface area contributed by atoms with E-state index in [-0.39, 0.29) is 34.5 Å². The summed E-state index contributed by atoms with van der Waals surface area (Å²) in [7, 11) is 0. The Kier molecular flexibility index (Phi) is 4.56. The molecule has 6 nitrogen and oxygen atoms in total. The molecule has 0 saturated heterocycles. The zero-order valence-corrected chi connectivity index (χ0v) is 18.7. The van der Waals surface area contributed by atoms with Crippen molar-refractivity contribution >= 4 is 5.78 Å². The Bertz CT molecular complexity index is 1050. The molecule has 1 spiro atoms. The van der Waals surface area contributed by atoms with E-state index in [2.05, 4.69) is 18.8 Å². The molecule has 2 fully saturated rings. The van der Waals surface area contributed by atoms with Crippen LogP contribution < -0.4 is 4.74 Å². The van der Waals surface area contributed by atoms with Crippen LogP contribution in [0.15, 0.2) is 41.6 Å². The highest BCUT2D eigenvalue weighted by molar-refractivity contribution is 5.95. The van der Waals surface area contributed by atoms with Crippen molar-refractivity contribution < 1.29 is 29.2 Å². The number of fused-ring (bicyclic) bond motifs is 3. The first-order valence-electron chi connectivity index (χ1n) is 11.2. The molecule has 8 atom stereocenters. The van der Waals surface area contributed by atoms with Gasteiger partial charge in [0.25, 0.3) is 5.88 Å².